The van der Waals surface area contributed by atoms with Crippen LogP contribution in [-0.2, 0) is 9.59 Å². The van der Waals surface area contributed by atoms with E-state index in [1.165, 1.54) is 0 Å². The van der Waals surface area contributed by atoms with Crippen LogP contribution in [0.15, 0.2) is 0 Å². The Kier molecular flexibility index (Phi) is 22.3. The van der Waals surface area contributed by atoms with Gasteiger partial charge in [0.1, 0.15) is 0 Å². The van der Waals surface area contributed by atoms with Crippen molar-refractivity contribution in [1.82, 2.24) is 0 Å². The minimum atomic E-state index is -1.54. The van der Waals surface area contributed by atoms with Crippen LogP contribution in [0.2, 0.25) is 0 Å². The first-order valence-electron chi connectivity index (χ1n) is 5.01. The molecule has 0 amide bonds. The predicted molar refractivity (Wildman–Crippen MR) is 46.9 cm³/mol. The average Bonchev–Trinajstić information content (AvgIpc) is 2.09. The van der Waals surface area contributed by atoms with Gasteiger partial charge in [-0.1, -0.05) is 39.0 Å². The van der Waals surface area contributed by atoms with Gasteiger partial charge in [-0.15, -0.1) is 0 Å². The first-order valence-corrected chi connectivity index (χ1v) is 5.01. The van der Waals surface area contributed by atoms with Crippen LogP contribution in [-0.4, -0.2) is 11.9 Å². The molecule has 0 aromatic carbocycles. The summed E-state index contributed by atoms with van der Waals surface area (Å²) in [5.74, 6) is -4.53. The van der Waals surface area contributed by atoms with E-state index in [2.05, 4.69) is 6.92 Å². The molecule has 16 heavy (non-hydrogen) atoms. The zero-order valence-electron chi connectivity index (χ0n) is 10.5. The maximum Gasteiger partial charge on any atom is 1.00 e. The van der Waals surface area contributed by atoms with E-state index in [1.54, 1.807) is 0 Å². The Morgan fingerprint density at radius 3 is 1.75 bits per heavy atom. The molecule has 0 aliphatic heterocycles. The van der Waals surface area contributed by atoms with Crippen LogP contribution in [0, 0.1) is 5.92 Å². The summed E-state index contributed by atoms with van der Waals surface area (Å²) in [6.07, 6.45) is 4.81. The van der Waals surface area contributed by atoms with Gasteiger partial charge in [-0.05, 0) is 6.42 Å². The molecule has 0 atom stereocenters. The summed E-state index contributed by atoms with van der Waals surface area (Å²) in [5, 5.41) is 20.7. The minimum Gasteiger partial charge on any atom is -0.549 e. The molecule has 0 unspecified atom stereocenters. The van der Waals surface area contributed by atoms with Crippen molar-refractivity contribution in [3.8, 4) is 0 Å². The first kappa shape index (κ1) is 23.3. The van der Waals surface area contributed by atoms with Crippen molar-refractivity contribution in [3.05, 3.63) is 0 Å². The van der Waals surface area contributed by atoms with Crippen LogP contribution in [0.25, 0.3) is 0 Å². The fourth-order valence-electron chi connectivity index (χ4n) is 1.28. The minimum absolute atomic E-state index is 0. The molecule has 0 rings (SSSR count). The summed E-state index contributed by atoms with van der Waals surface area (Å²) < 4.78 is 0. The molecule has 0 radical (unpaired) electrons. The number of carboxylic acid groups (broad SMARTS) is 2. The molecule has 0 N–H and O–H groups in total. The molecule has 0 saturated carbocycles. The van der Waals surface area contributed by atoms with Crippen LogP contribution in [0.3, 0.4) is 0 Å². The van der Waals surface area contributed by atoms with Gasteiger partial charge >= 0.3 is 103 Å². The van der Waals surface area contributed by atoms with Crippen molar-refractivity contribution in [2.45, 2.75) is 45.4 Å². The van der Waals surface area contributed by atoms with Crippen molar-refractivity contribution in [2.24, 2.45) is 5.92 Å². The molecule has 0 bridgehead atoms. The quantitative estimate of drug-likeness (QED) is 0.251. The maximum atomic E-state index is 10.3. The number of rotatable bonds is 8. The van der Waals surface area contributed by atoms with Gasteiger partial charge in [-0.2, -0.15) is 0 Å². The van der Waals surface area contributed by atoms with E-state index < -0.39 is 17.9 Å². The molecule has 0 fully saturated rings. The van der Waals surface area contributed by atoms with Crippen molar-refractivity contribution < 1.29 is 123 Å². The summed E-state index contributed by atoms with van der Waals surface area (Å²) >= 11 is 0. The molecule has 0 aromatic heterocycles. The van der Waals surface area contributed by atoms with Crippen LogP contribution in [0.5, 0.6) is 0 Å². The molecular formula is C10H16K2O4. The number of aliphatic carboxylic acids is 2. The Bertz CT molecular complexity index is 183. The van der Waals surface area contributed by atoms with E-state index in [1.807, 2.05) is 0 Å². The number of carbonyl (C=O) groups excluding carboxylic acids is 2. The van der Waals surface area contributed by atoms with E-state index in [0.29, 0.717) is 6.42 Å². The Balaban J connectivity index is -0.000000845. The normalized spacial score (nSPS) is 9.12. The van der Waals surface area contributed by atoms with Gasteiger partial charge in [0.2, 0.25) is 0 Å². The zero-order valence-corrected chi connectivity index (χ0v) is 16.7. The van der Waals surface area contributed by atoms with Crippen molar-refractivity contribution in [2.75, 3.05) is 0 Å². The van der Waals surface area contributed by atoms with Crippen molar-refractivity contribution in [1.29, 1.82) is 0 Å². The second-order valence-corrected chi connectivity index (χ2v) is 3.39. The van der Waals surface area contributed by atoms with Gasteiger partial charge in [-0.3, -0.25) is 0 Å². The zero-order chi connectivity index (χ0) is 11.0. The van der Waals surface area contributed by atoms with Crippen molar-refractivity contribution in [3.63, 3.8) is 0 Å². The van der Waals surface area contributed by atoms with E-state index in [4.69, 9.17) is 0 Å². The van der Waals surface area contributed by atoms with E-state index >= 15 is 0 Å². The van der Waals surface area contributed by atoms with Crippen molar-refractivity contribution >= 4 is 11.9 Å². The second kappa shape index (κ2) is 15.3. The monoisotopic (exact) mass is 278 g/mol. The predicted octanol–water partition coefficient (Wildman–Crippen LogP) is -6.53. The molecule has 0 aliphatic rings. The third-order valence-corrected chi connectivity index (χ3v) is 2.17. The third-order valence-electron chi connectivity index (χ3n) is 2.17. The standard InChI is InChI=1S/C10H18O4.2K/c1-2-3-4-5-6-7-8(9(11)12)10(13)14;;/h8H,2-7H2,1H3,(H,11,12)(H,13,14);;/q;2*+1/p-2. The molecular weight excluding hydrogens is 262 g/mol. The second-order valence-electron chi connectivity index (χ2n) is 3.39. The smallest absolute Gasteiger partial charge is 0.549 e. The van der Waals surface area contributed by atoms with Crippen LogP contribution >= 0.6 is 0 Å². The number of hydrogen-bond donors (Lipinski definition) is 0. The fourth-order valence-corrected chi connectivity index (χ4v) is 1.28. The number of carbonyl (C=O) groups is 2. The molecule has 0 aromatic rings. The molecule has 0 aliphatic carbocycles. The number of hydrogen-bond acceptors (Lipinski definition) is 4. The largest absolute Gasteiger partial charge is 1.00 e. The summed E-state index contributed by atoms with van der Waals surface area (Å²) in [6, 6.07) is 0. The van der Waals surface area contributed by atoms with Crippen LogP contribution in [0.4, 0.5) is 0 Å². The topological polar surface area (TPSA) is 80.3 Å². The van der Waals surface area contributed by atoms with E-state index in [-0.39, 0.29) is 109 Å². The van der Waals surface area contributed by atoms with Gasteiger partial charge in [0.25, 0.3) is 0 Å². The molecule has 82 valence electrons. The Morgan fingerprint density at radius 2 is 1.38 bits per heavy atom. The Morgan fingerprint density at radius 1 is 0.938 bits per heavy atom. The molecule has 0 spiro atoms. The van der Waals surface area contributed by atoms with E-state index in [9.17, 15) is 19.8 Å². The number of unbranched alkanes of at least 4 members (excludes halogenated alkanes) is 4. The van der Waals surface area contributed by atoms with Crippen LogP contribution < -0.4 is 113 Å². The van der Waals surface area contributed by atoms with Gasteiger partial charge < -0.3 is 19.8 Å². The van der Waals surface area contributed by atoms with Crippen LogP contribution in [0.1, 0.15) is 45.4 Å². The molecule has 0 heterocycles. The first-order chi connectivity index (χ1) is 6.59. The van der Waals surface area contributed by atoms with Gasteiger partial charge in [0, 0.05) is 5.92 Å². The fraction of sp³-hybridized carbons (Fsp3) is 0.800. The Labute approximate surface area is 182 Å². The maximum absolute atomic E-state index is 10.3. The summed E-state index contributed by atoms with van der Waals surface area (Å²) in [5.41, 5.74) is 0. The molecule has 6 heteroatoms. The summed E-state index contributed by atoms with van der Waals surface area (Å²) in [6.45, 7) is 2.07. The number of carboxylic acids is 2. The molecule has 4 nitrogen and oxygen atoms in total. The SMILES string of the molecule is CCCCCCCC(C(=O)[O-])C(=O)[O-].[K+].[K+]. The van der Waals surface area contributed by atoms with Gasteiger partial charge in [-0.25, -0.2) is 0 Å². The summed E-state index contributed by atoms with van der Waals surface area (Å²) in [4.78, 5) is 20.7. The Hall–Kier alpha value is 2.21. The van der Waals surface area contributed by atoms with Gasteiger partial charge in [0.15, 0.2) is 0 Å². The molecule has 0 saturated heterocycles. The van der Waals surface area contributed by atoms with E-state index in [0.717, 1.165) is 25.7 Å². The average molecular weight is 278 g/mol. The summed E-state index contributed by atoms with van der Waals surface area (Å²) in [7, 11) is 0. The van der Waals surface area contributed by atoms with Gasteiger partial charge in [0.05, 0.1) is 11.9 Å². The third kappa shape index (κ3) is 12.7.